The van der Waals surface area contributed by atoms with Gasteiger partial charge < -0.3 is 20.3 Å². The molecule has 0 spiro atoms. The Morgan fingerprint density at radius 3 is 1.43 bits per heavy atom. The Morgan fingerprint density at radius 2 is 0.972 bits per heavy atom. The van der Waals surface area contributed by atoms with E-state index in [0.717, 1.165) is 56.4 Å². The Balaban J connectivity index is 0.000000225. The number of carboxylic acids is 2. The first-order valence-corrected chi connectivity index (χ1v) is 42.3. The third kappa shape index (κ3) is 25.5. The Kier molecular flexibility index (Phi) is 33.8. The molecule has 24 heteroatoms. The first kappa shape index (κ1) is 89.4. The number of anilines is 2. The van der Waals surface area contributed by atoms with E-state index in [2.05, 4.69) is 157 Å². The van der Waals surface area contributed by atoms with Crippen LogP contribution < -0.4 is 20.2 Å². The van der Waals surface area contributed by atoms with E-state index in [1.807, 2.05) is 75.4 Å². The Bertz CT molecular complexity index is 4740. The smallest absolute Gasteiger partial charge is 0.481 e. The SMILES string of the molecule is CC(=O)O.CC(=O)O.CC(C)(C)c1ccc(S(=O)(=O)Nc2ccc(Cl)cc2-c2n[nH]c3ccccc23)cc1.CC(C)(C)c1ccc(S(=O)(=O)Nc2ccc(Cl)cc2B(O)O)cc1.CC(C)c1cc(C(C)C)c(-c2ccccc2P(C2CCCCC2)C2CCCCC2)c(C(C)C)c1.Ic1[nH]nc2ccccc12.[Pd]. The van der Waals surface area contributed by atoms with Crippen molar-refractivity contribution in [2.45, 2.75) is 211 Å². The number of sulfonamides is 2. The summed E-state index contributed by atoms with van der Waals surface area (Å²) in [5, 5.41) is 52.6. The molecule has 8 aromatic carbocycles. The molecule has 0 amide bonds. The van der Waals surface area contributed by atoms with Crippen LogP contribution >= 0.6 is 53.7 Å². The largest absolute Gasteiger partial charge is 0.490 e. The average Bonchev–Trinajstić information content (AvgIpc) is 0.987. The average molecular weight is 1750 g/mol. The van der Waals surface area contributed by atoms with Crippen molar-refractivity contribution < 1.29 is 67.1 Å². The molecule has 2 aliphatic carbocycles. The van der Waals surface area contributed by atoms with Gasteiger partial charge in [-0.3, -0.25) is 29.2 Å². The molecular weight excluding hydrogens is 1650 g/mol. The normalized spacial score (nSPS) is 13.5. The molecule has 2 saturated carbocycles. The minimum atomic E-state index is -3.86. The van der Waals surface area contributed by atoms with E-state index in [0.29, 0.717) is 39.7 Å². The standard InChI is InChI=1S/C33H49P.C23H22ClN3O2S.C16H19BClNO4S.C7H5IN2.2C2H4O2.Pd/c1-23(2)26-21-30(24(3)4)33(31(22-26)25(5)6)29-19-13-14-20-32(29)34(27-15-9-7-10-16-27)28-17-11-8-12-18-28;1-23(2,3)15-8-11-17(12-9-15)30(28,29)27-21-13-10-16(24)14-19(21)22-18-6-4-5-7-20(18)25-26-22;1-16(2,3)11-4-7-13(8-5-11)24(22,23)19-15-9-6-12(18)10-14(15)17(20)21;8-7-5-3-1-2-4-6(5)9-10-7;2*1-2(3)4;/h13-14,19-25,27-28H,7-12,15-18H2,1-6H3;4-14,27H,1-3H3,(H,25,26);4-10,19-21H,1-3H3;1-4H,(H,9,10);2*1H3,(H,3,4);. The Hall–Kier alpha value is -6.47. The number of carbonyl (C=O) groups is 2. The van der Waals surface area contributed by atoms with Crippen LogP contribution in [-0.2, 0) is 60.9 Å². The third-order valence-corrected chi connectivity index (χ3v) is 26.1. The number of hydrogen-bond donors (Lipinski definition) is 8. The number of rotatable bonds is 15. The minimum absolute atomic E-state index is 0. The number of aliphatic carboxylic acids is 2. The van der Waals surface area contributed by atoms with Gasteiger partial charge in [0.25, 0.3) is 32.0 Å². The fourth-order valence-corrected chi connectivity index (χ4v) is 20.0. The fraction of sp³-hybridized carbons (Fsp3) is 0.373. The van der Waals surface area contributed by atoms with Gasteiger partial charge in [-0.1, -0.05) is 250 Å². The number of nitrogens with zero attached hydrogens (tertiary/aromatic N) is 2. The molecule has 0 atom stereocenters. The van der Waals surface area contributed by atoms with Crippen LogP contribution in [0.2, 0.25) is 10.0 Å². The molecule has 2 aliphatic rings. The van der Waals surface area contributed by atoms with Gasteiger partial charge in [0.15, 0.2) is 0 Å². The van der Waals surface area contributed by atoms with Crippen molar-refractivity contribution >= 4 is 137 Å². The maximum absolute atomic E-state index is 13.1. The summed E-state index contributed by atoms with van der Waals surface area (Å²) in [7, 11) is -9.61. The summed E-state index contributed by atoms with van der Waals surface area (Å²) >= 11 is 14.3. The summed E-state index contributed by atoms with van der Waals surface area (Å²) in [6.45, 7) is 28.9. The molecule has 2 aromatic heterocycles. The molecule has 0 radical (unpaired) electrons. The summed E-state index contributed by atoms with van der Waals surface area (Å²) in [4.78, 5) is 18.3. The van der Waals surface area contributed by atoms with Crippen molar-refractivity contribution in [1.82, 2.24) is 20.4 Å². The van der Waals surface area contributed by atoms with Gasteiger partial charge >= 0.3 is 7.12 Å². The van der Waals surface area contributed by atoms with Gasteiger partial charge in [0, 0.05) is 71.8 Å². The van der Waals surface area contributed by atoms with Gasteiger partial charge in [0.1, 0.15) is 9.39 Å². The first-order chi connectivity index (χ1) is 49.9. The molecule has 2 fully saturated rings. The van der Waals surface area contributed by atoms with Gasteiger partial charge in [-0.2, -0.15) is 10.2 Å². The molecule has 12 rings (SSSR count). The van der Waals surface area contributed by atoms with Crippen molar-refractivity contribution in [3.63, 3.8) is 0 Å². The zero-order valence-corrected chi connectivity index (χ0v) is 71.3. The summed E-state index contributed by atoms with van der Waals surface area (Å²) in [5.41, 5.74) is 15.2. The topological polar surface area (TPSA) is 265 Å². The van der Waals surface area contributed by atoms with Gasteiger partial charge in [0.2, 0.25) is 0 Å². The van der Waals surface area contributed by atoms with Crippen LogP contribution in [0.25, 0.3) is 44.2 Å². The fourth-order valence-electron chi connectivity index (χ4n) is 13.0. The maximum atomic E-state index is 13.1. The monoisotopic (exact) mass is 1750 g/mol. The van der Waals surface area contributed by atoms with Gasteiger partial charge in [-0.25, -0.2) is 16.8 Å². The molecule has 0 saturated heterocycles. The van der Waals surface area contributed by atoms with Crippen molar-refractivity contribution in [2.75, 3.05) is 9.44 Å². The number of nitrogens with one attached hydrogen (secondary N) is 4. The number of benzene rings is 8. The molecule has 0 unspecified atom stereocenters. The number of H-pyrrole nitrogens is 2. The van der Waals surface area contributed by atoms with Gasteiger partial charge in [-0.05, 0) is 205 Å². The first-order valence-electron chi connectivity index (χ1n) is 36.1. The molecule has 16 nitrogen and oxygen atoms in total. The molecule has 0 bridgehead atoms. The maximum Gasteiger partial charge on any atom is 0.490 e. The van der Waals surface area contributed by atoms with Crippen molar-refractivity contribution in [2.24, 2.45) is 0 Å². The molecule has 10 aromatic rings. The molecule has 0 aliphatic heterocycles. The number of para-hydroxylation sites is 2. The van der Waals surface area contributed by atoms with Crippen LogP contribution in [0.1, 0.15) is 207 Å². The molecule has 2 heterocycles. The van der Waals surface area contributed by atoms with Crippen LogP contribution in [0.3, 0.4) is 0 Å². The number of halogens is 3. The molecule has 8 N–H and O–H groups in total. The second-order valence-electron chi connectivity index (χ2n) is 29.8. The number of aromatic amines is 2. The van der Waals surface area contributed by atoms with E-state index in [1.165, 1.54) is 105 Å². The van der Waals surface area contributed by atoms with Crippen LogP contribution in [0.15, 0.2) is 180 Å². The predicted octanol–water partition coefficient (Wildman–Crippen LogP) is 20.9. The van der Waals surface area contributed by atoms with E-state index >= 15 is 0 Å². The van der Waals surface area contributed by atoms with Crippen molar-refractivity contribution in [3.05, 3.63) is 211 Å². The second kappa shape index (κ2) is 40.5. The molecule has 107 heavy (non-hydrogen) atoms. The second-order valence-corrected chi connectivity index (χ2v) is 37.9. The summed E-state index contributed by atoms with van der Waals surface area (Å²) in [6, 6.07) is 53.2. The minimum Gasteiger partial charge on any atom is -0.481 e. The molecular formula is C83H103BCl2IN6O10PPdS2. The quantitative estimate of drug-likeness (QED) is 0.0271. The van der Waals surface area contributed by atoms with Gasteiger partial charge in [-0.15, -0.1) is 0 Å². The van der Waals surface area contributed by atoms with Crippen LogP contribution in [0.4, 0.5) is 11.4 Å². The van der Waals surface area contributed by atoms with Crippen molar-refractivity contribution in [1.29, 1.82) is 0 Å². The van der Waals surface area contributed by atoms with Gasteiger partial charge in [0.05, 0.1) is 26.5 Å². The van der Waals surface area contributed by atoms with E-state index in [-0.39, 0.29) is 65.1 Å². The van der Waals surface area contributed by atoms with Crippen molar-refractivity contribution in [3.8, 4) is 22.4 Å². The van der Waals surface area contributed by atoms with E-state index in [1.54, 1.807) is 70.0 Å². The Labute approximate surface area is 672 Å². The summed E-state index contributed by atoms with van der Waals surface area (Å²) in [5.74, 6) is -0.0226. The van der Waals surface area contributed by atoms with E-state index in [9.17, 15) is 26.9 Å². The van der Waals surface area contributed by atoms with Crippen LogP contribution in [0.5, 0.6) is 0 Å². The van der Waals surface area contributed by atoms with Crippen LogP contribution in [-0.4, -0.2) is 87.9 Å². The number of aromatic nitrogens is 4. The summed E-state index contributed by atoms with van der Waals surface area (Å²) < 4.78 is 57.3. The zero-order chi connectivity index (χ0) is 78.0. The van der Waals surface area contributed by atoms with E-state index < -0.39 is 39.1 Å². The Morgan fingerprint density at radius 1 is 0.542 bits per heavy atom. The summed E-state index contributed by atoms with van der Waals surface area (Å²) in [6.07, 6.45) is 14.6. The number of fused-ring (bicyclic) bond motifs is 2. The van der Waals surface area contributed by atoms with Crippen LogP contribution in [0, 0.1) is 3.70 Å². The number of hydrogen-bond acceptors (Lipinski definition) is 10. The third-order valence-electron chi connectivity index (χ3n) is 18.5. The zero-order valence-electron chi connectivity index (χ0n) is 63.5. The molecule has 576 valence electrons. The predicted molar refractivity (Wildman–Crippen MR) is 450 cm³/mol. The van der Waals surface area contributed by atoms with E-state index in [4.69, 9.17) is 43.0 Å². The number of carboxylic acid groups (broad SMARTS) is 2.